The molecule has 0 atom stereocenters. The summed E-state index contributed by atoms with van der Waals surface area (Å²) in [7, 11) is 0. The van der Waals surface area contributed by atoms with E-state index in [0.717, 1.165) is 23.3 Å². The molecule has 0 aliphatic heterocycles. The Hall–Kier alpha value is -1.32. The fourth-order valence-electron chi connectivity index (χ4n) is 1.75. The van der Waals surface area contributed by atoms with Crippen LogP contribution >= 0.6 is 23.2 Å². The van der Waals surface area contributed by atoms with Crippen LogP contribution in [-0.4, -0.2) is 0 Å². The summed E-state index contributed by atoms with van der Waals surface area (Å²) < 4.78 is 26.5. The maximum absolute atomic E-state index is 13.6. The van der Waals surface area contributed by atoms with Crippen LogP contribution in [0.2, 0.25) is 10.0 Å². The predicted octanol–water partition coefficient (Wildman–Crippen LogP) is 5.19. The first-order valence-electron chi connectivity index (χ1n) is 5.61. The lowest BCUT2D eigenvalue weighted by atomic mass is 10.1. The van der Waals surface area contributed by atoms with Crippen LogP contribution in [0.4, 0.5) is 14.5 Å². The molecule has 1 nitrogen and oxygen atoms in total. The molecule has 2 aromatic rings. The summed E-state index contributed by atoms with van der Waals surface area (Å²) >= 11 is 11.7. The second-order valence-electron chi connectivity index (χ2n) is 4.17. The van der Waals surface area contributed by atoms with E-state index in [0.29, 0.717) is 11.6 Å². The van der Waals surface area contributed by atoms with Gasteiger partial charge in [0.1, 0.15) is 5.82 Å². The summed E-state index contributed by atoms with van der Waals surface area (Å²) in [4.78, 5) is 0. The molecule has 0 aliphatic carbocycles. The van der Waals surface area contributed by atoms with Crippen LogP contribution in [0.3, 0.4) is 0 Å². The number of nitrogens with one attached hydrogen (secondary N) is 1. The molecule has 19 heavy (non-hydrogen) atoms. The third-order valence-corrected chi connectivity index (χ3v) is 3.30. The van der Waals surface area contributed by atoms with Crippen LogP contribution in [-0.2, 0) is 6.54 Å². The van der Waals surface area contributed by atoms with E-state index in [1.54, 1.807) is 6.07 Å². The number of hydrogen-bond donors (Lipinski definition) is 1. The monoisotopic (exact) mass is 301 g/mol. The molecule has 0 aromatic heterocycles. The molecule has 0 bridgehead atoms. The van der Waals surface area contributed by atoms with E-state index >= 15 is 0 Å². The van der Waals surface area contributed by atoms with Gasteiger partial charge in [0, 0.05) is 17.6 Å². The van der Waals surface area contributed by atoms with E-state index in [4.69, 9.17) is 23.2 Å². The lowest BCUT2D eigenvalue weighted by Crippen LogP contribution is -2.04. The molecule has 0 amide bonds. The number of halogens is 4. The minimum absolute atomic E-state index is 0.0177. The highest BCUT2D eigenvalue weighted by Crippen LogP contribution is 2.27. The molecule has 2 rings (SSSR count). The Morgan fingerprint density at radius 1 is 1.11 bits per heavy atom. The Balaban J connectivity index is 2.19. The zero-order valence-electron chi connectivity index (χ0n) is 10.1. The van der Waals surface area contributed by atoms with E-state index in [1.165, 1.54) is 0 Å². The Bertz CT molecular complexity index is 591. The molecule has 0 saturated carbocycles. The molecule has 2 aromatic carbocycles. The van der Waals surface area contributed by atoms with Crippen LogP contribution < -0.4 is 5.32 Å². The van der Waals surface area contributed by atoms with Gasteiger partial charge in [-0.3, -0.25) is 0 Å². The van der Waals surface area contributed by atoms with Gasteiger partial charge in [-0.15, -0.1) is 0 Å². The zero-order valence-corrected chi connectivity index (χ0v) is 11.6. The van der Waals surface area contributed by atoms with Crippen molar-refractivity contribution in [2.45, 2.75) is 13.5 Å². The fraction of sp³-hybridized carbons (Fsp3) is 0.143. The molecule has 0 radical (unpaired) electrons. The van der Waals surface area contributed by atoms with Gasteiger partial charge in [0.15, 0.2) is 5.82 Å². The zero-order chi connectivity index (χ0) is 14.0. The average Bonchev–Trinajstić information content (AvgIpc) is 2.30. The Morgan fingerprint density at radius 2 is 1.84 bits per heavy atom. The first-order chi connectivity index (χ1) is 8.97. The van der Waals surface area contributed by atoms with Crippen molar-refractivity contribution in [1.29, 1.82) is 0 Å². The molecule has 0 unspecified atom stereocenters. The average molecular weight is 302 g/mol. The molecule has 5 heteroatoms. The minimum Gasteiger partial charge on any atom is -0.377 e. The SMILES string of the molecule is Cc1cc(Cl)ccc1CNc1c(F)cc(F)cc1Cl. The number of benzene rings is 2. The normalized spacial score (nSPS) is 10.6. The van der Waals surface area contributed by atoms with Crippen molar-refractivity contribution in [3.05, 3.63) is 63.1 Å². The lowest BCUT2D eigenvalue weighted by molar-refractivity contribution is 0.585. The maximum atomic E-state index is 13.6. The standard InChI is InChI=1S/C14H11Cl2F2N/c1-8-4-10(15)3-2-9(8)7-19-14-12(16)5-11(17)6-13(14)18/h2-6,19H,7H2,1H3. The van der Waals surface area contributed by atoms with E-state index < -0.39 is 11.6 Å². The molecule has 0 saturated heterocycles. The Kier molecular flexibility index (Phi) is 4.27. The van der Waals surface area contributed by atoms with Gasteiger partial charge in [-0.1, -0.05) is 29.3 Å². The lowest BCUT2D eigenvalue weighted by Gasteiger charge is -2.11. The molecule has 1 N–H and O–H groups in total. The second kappa shape index (κ2) is 5.76. The number of hydrogen-bond acceptors (Lipinski definition) is 1. The Morgan fingerprint density at radius 3 is 2.47 bits per heavy atom. The summed E-state index contributed by atoms with van der Waals surface area (Å²) in [5, 5.41) is 3.53. The van der Waals surface area contributed by atoms with Crippen molar-refractivity contribution < 1.29 is 8.78 Å². The molecule has 0 spiro atoms. The van der Waals surface area contributed by atoms with Crippen molar-refractivity contribution in [2.75, 3.05) is 5.32 Å². The van der Waals surface area contributed by atoms with Gasteiger partial charge in [-0.25, -0.2) is 8.78 Å². The molecule has 0 aliphatic rings. The smallest absolute Gasteiger partial charge is 0.150 e. The summed E-state index contributed by atoms with van der Waals surface area (Å²) in [6.45, 7) is 2.29. The predicted molar refractivity (Wildman–Crippen MR) is 74.9 cm³/mol. The largest absolute Gasteiger partial charge is 0.377 e. The summed E-state index contributed by atoms with van der Waals surface area (Å²) in [6, 6.07) is 7.29. The topological polar surface area (TPSA) is 12.0 Å². The molecular weight excluding hydrogens is 291 g/mol. The van der Waals surface area contributed by atoms with Gasteiger partial charge in [-0.2, -0.15) is 0 Å². The van der Waals surface area contributed by atoms with Crippen molar-refractivity contribution in [3.63, 3.8) is 0 Å². The highest BCUT2D eigenvalue weighted by Gasteiger charge is 2.10. The van der Waals surface area contributed by atoms with Gasteiger partial charge >= 0.3 is 0 Å². The van der Waals surface area contributed by atoms with Crippen molar-refractivity contribution in [3.8, 4) is 0 Å². The van der Waals surface area contributed by atoms with Crippen LogP contribution in [0, 0.1) is 18.6 Å². The number of rotatable bonds is 3. The van der Waals surface area contributed by atoms with E-state index in [-0.39, 0.29) is 10.7 Å². The van der Waals surface area contributed by atoms with E-state index in [2.05, 4.69) is 5.32 Å². The van der Waals surface area contributed by atoms with Crippen LogP contribution in [0.5, 0.6) is 0 Å². The van der Waals surface area contributed by atoms with Crippen molar-refractivity contribution >= 4 is 28.9 Å². The Labute approximate surface area is 120 Å². The minimum atomic E-state index is -0.711. The third kappa shape index (κ3) is 3.37. The first-order valence-corrected chi connectivity index (χ1v) is 6.36. The summed E-state index contributed by atoms with van der Waals surface area (Å²) in [6.07, 6.45) is 0. The molecule has 100 valence electrons. The van der Waals surface area contributed by atoms with Crippen molar-refractivity contribution in [2.24, 2.45) is 0 Å². The highest BCUT2D eigenvalue weighted by atomic mass is 35.5. The van der Waals surface area contributed by atoms with Gasteiger partial charge in [0.2, 0.25) is 0 Å². The van der Waals surface area contributed by atoms with Gasteiger partial charge in [-0.05, 0) is 36.2 Å². The van der Waals surface area contributed by atoms with E-state index in [9.17, 15) is 8.78 Å². The third-order valence-electron chi connectivity index (χ3n) is 2.77. The van der Waals surface area contributed by atoms with Gasteiger partial charge in [0.05, 0.1) is 10.7 Å². The highest BCUT2D eigenvalue weighted by molar-refractivity contribution is 6.33. The molecule has 0 fully saturated rings. The van der Waals surface area contributed by atoms with E-state index in [1.807, 2.05) is 19.1 Å². The second-order valence-corrected chi connectivity index (χ2v) is 5.01. The number of aryl methyl sites for hydroxylation is 1. The number of anilines is 1. The molecular formula is C14H11Cl2F2N. The fourth-order valence-corrected chi connectivity index (χ4v) is 2.24. The van der Waals surface area contributed by atoms with Crippen LogP contribution in [0.15, 0.2) is 30.3 Å². The first kappa shape index (κ1) is 14.1. The van der Waals surface area contributed by atoms with Crippen LogP contribution in [0.25, 0.3) is 0 Å². The summed E-state index contributed by atoms with van der Waals surface area (Å²) in [5.74, 6) is -1.41. The van der Waals surface area contributed by atoms with Crippen molar-refractivity contribution in [1.82, 2.24) is 0 Å². The molecule has 0 heterocycles. The quantitative estimate of drug-likeness (QED) is 0.822. The summed E-state index contributed by atoms with van der Waals surface area (Å²) in [5.41, 5.74) is 2.04. The van der Waals surface area contributed by atoms with Gasteiger partial charge < -0.3 is 5.32 Å². The maximum Gasteiger partial charge on any atom is 0.150 e. The van der Waals surface area contributed by atoms with Crippen LogP contribution in [0.1, 0.15) is 11.1 Å². The van der Waals surface area contributed by atoms with Gasteiger partial charge in [0.25, 0.3) is 0 Å².